The standard InChI is InChI=1S/C17H20N4O4S2/c1-10(15(22)20-16(23)18-11-5-3-2-4-6-11)26-17-19-13-8-7-12(21(24)25)9-14(13)27-17/h7-11H,2-6H2,1H3,(H2,18,20,22,23)/t10-/m0/s1. The Hall–Kier alpha value is -2.20. The van der Waals surface area contributed by atoms with Crippen LogP contribution in [0.25, 0.3) is 10.2 Å². The average Bonchev–Trinajstić information content (AvgIpc) is 3.03. The second-order valence-electron chi connectivity index (χ2n) is 6.45. The number of hydrogen-bond acceptors (Lipinski definition) is 7. The third-order valence-electron chi connectivity index (χ3n) is 4.39. The first-order valence-electron chi connectivity index (χ1n) is 8.75. The molecular weight excluding hydrogens is 388 g/mol. The number of non-ortho nitro benzene ring substituents is 1. The lowest BCUT2D eigenvalue weighted by Crippen LogP contribution is -2.47. The predicted molar refractivity (Wildman–Crippen MR) is 105 cm³/mol. The minimum atomic E-state index is -0.516. The second-order valence-corrected chi connectivity index (χ2v) is 9.07. The van der Waals surface area contributed by atoms with E-state index in [1.807, 2.05) is 0 Å². The largest absolute Gasteiger partial charge is 0.335 e. The first-order chi connectivity index (χ1) is 12.9. The summed E-state index contributed by atoms with van der Waals surface area (Å²) in [5.74, 6) is -0.390. The van der Waals surface area contributed by atoms with Gasteiger partial charge < -0.3 is 5.32 Å². The Balaban J connectivity index is 1.56. The number of nitro benzene ring substituents is 1. The number of amides is 3. The van der Waals surface area contributed by atoms with Crippen LogP contribution < -0.4 is 10.6 Å². The molecule has 1 aromatic carbocycles. The molecule has 0 spiro atoms. The normalized spacial score (nSPS) is 16.0. The quantitative estimate of drug-likeness (QED) is 0.441. The molecule has 1 saturated carbocycles. The molecule has 0 aliphatic heterocycles. The van der Waals surface area contributed by atoms with Gasteiger partial charge in [0, 0.05) is 18.2 Å². The summed E-state index contributed by atoms with van der Waals surface area (Å²) >= 11 is 2.51. The Labute approximate surface area is 164 Å². The Morgan fingerprint density at radius 1 is 1.33 bits per heavy atom. The van der Waals surface area contributed by atoms with Gasteiger partial charge >= 0.3 is 6.03 Å². The van der Waals surface area contributed by atoms with Crippen molar-refractivity contribution in [3.63, 3.8) is 0 Å². The molecule has 1 aromatic heterocycles. The molecule has 8 nitrogen and oxygen atoms in total. The number of rotatable bonds is 5. The second kappa shape index (κ2) is 8.66. The van der Waals surface area contributed by atoms with E-state index in [9.17, 15) is 19.7 Å². The number of hydrogen-bond donors (Lipinski definition) is 2. The highest BCUT2D eigenvalue weighted by Crippen LogP contribution is 2.33. The van der Waals surface area contributed by atoms with Gasteiger partial charge in [-0.3, -0.25) is 20.2 Å². The van der Waals surface area contributed by atoms with Crippen LogP contribution in [-0.2, 0) is 4.79 Å². The van der Waals surface area contributed by atoms with Crippen molar-refractivity contribution in [2.24, 2.45) is 0 Å². The van der Waals surface area contributed by atoms with E-state index in [1.165, 1.54) is 41.7 Å². The van der Waals surface area contributed by atoms with E-state index >= 15 is 0 Å². The van der Waals surface area contributed by atoms with Crippen molar-refractivity contribution >= 4 is 50.9 Å². The number of nitro groups is 1. The molecule has 1 fully saturated rings. The van der Waals surface area contributed by atoms with Crippen LogP contribution in [0.3, 0.4) is 0 Å². The maximum absolute atomic E-state index is 12.3. The Bertz CT molecular complexity index is 864. The molecule has 3 amide bonds. The number of carbonyl (C=O) groups excluding carboxylic acids is 2. The minimum Gasteiger partial charge on any atom is -0.335 e. The third-order valence-corrected chi connectivity index (χ3v) is 6.60. The number of nitrogens with one attached hydrogen (secondary N) is 2. The number of urea groups is 1. The van der Waals surface area contributed by atoms with Gasteiger partial charge in [0.15, 0.2) is 4.34 Å². The van der Waals surface area contributed by atoms with E-state index in [0.29, 0.717) is 14.6 Å². The van der Waals surface area contributed by atoms with Gasteiger partial charge in [-0.05, 0) is 25.8 Å². The summed E-state index contributed by atoms with van der Waals surface area (Å²) in [4.78, 5) is 39.0. The topological polar surface area (TPSA) is 114 Å². The van der Waals surface area contributed by atoms with Gasteiger partial charge in [-0.25, -0.2) is 9.78 Å². The summed E-state index contributed by atoms with van der Waals surface area (Å²) in [6, 6.07) is 4.15. The van der Waals surface area contributed by atoms with E-state index in [1.54, 1.807) is 13.0 Å². The molecule has 0 radical (unpaired) electrons. The highest BCUT2D eigenvalue weighted by atomic mass is 32.2. The fraction of sp³-hybridized carbons (Fsp3) is 0.471. The predicted octanol–water partition coefficient (Wildman–Crippen LogP) is 3.84. The summed E-state index contributed by atoms with van der Waals surface area (Å²) in [5.41, 5.74) is 0.656. The van der Waals surface area contributed by atoms with Crippen molar-refractivity contribution in [1.82, 2.24) is 15.6 Å². The zero-order valence-corrected chi connectivity index (χ0v) is 16.4. The van der Waals surface area contributed by atoms with Gasteiger partial charge in [0.1, 0.15) is 0 Å². The molecule has 0 bridgehead atoms. The zero-order chi connectivity index (χ0) is 19.4. The Morgan fingerprint density at radius 3 is 2.78 bits per heavy atom. The van der Waals surface area contributed by atoms with Gasteiger partial charge in [-0.2, -0.15) is 0 Å². The number of aromatic nitrogens is 1. The van der Waals surface area contributed by atoms with Gasteiger partial charge in [0.05, 0.1) is 20.4 Å². The van der Waals surface area contributed by atoms with Crippen LogP contribution >= 0.6 is 23.1 Å². The third kappa shape index (κ3) is 5.16. The van der Waals surface area contributed by atoms with Crippen molar-refractivity contribution in [3.8, 4) is 0 Å². The molecule has 10 heteroatoms. The van der Waals surface area contributed by atoms with Crippen LogP contribution in [-0.4, -0.2) is 33.1 Å². The molecule has 27 heavy (non-hydrogen) atoms. The summed E-state index contributed by atoms with van der Waals surface area (Å²) in [7, 11) is 0. The average molecular weight is 409 g/mol. The monoisotopic (exact) mass is 408 g/mol. The van der Waals surface area contributed by atoms with Crippen molar-refractivity contribution in [2.75, 3.05) is 0 Å². The van der Waals surface area contributed by atoms with Gasteiger partial charge in [0.25, 0.3) is 5.69 Å². The molecule has 0 saturated heterocycles. The molecule has 1 aliphatic carbocycles. The first-order valence-corrected chi connectivity index (χ1v) is 10.4. The molecule has 144 valence electrons. The van der Waals surface area contributed by atoms with Crippen LogP contribution in [0.1, 0.15) is 39.0 Å². The fourth-order valence-corrected chi connectivity index (χ4v) is 5.19. The minimum absolute atomic E-state index is 0.00729. The van der Waals surface area contributed by atoms with E-state index in [0.717, 1.165) is 25.7 Å². The number of nitrogens with zero attached hydrogens (tertiary/aromatic N) is 2. The number of benzene rings is 1. The summed E-state index contributed by atoms with van der Waals surface area (Å²) in [6.07, 6.45) is 5.28. The number of carbonyl (C=O) groups is 2. The number of thioether (sulfide) groups is 1. The van der Waals surface area contributed by atoms with Crippen LogP contribution in [0.5, 0.6) is 0 Å². The van der Waals surface area contributed by atoms with E-state index in [2.05, 4.69) is 15.6 Å². The maximum Gasteiger partial charge on any atom is 0.321 e. The summed E-state index contributed by atoms with van der Waals surface area (Å²) in [6.45, 7) is 1.70. The molecule has 0 unspecified atom stereocenters. The Kier molecular flexibility index (Phi) is 6.27. The van der Waals surface area contributed by atoms with Crippen LogP contribution in [0.15, 0.2) is 22.5 Å². The van der Waals surface area contributed by atoms with E-state index < -0.39 is 22.1 Å². The summed E-state index contributed by atoms with van der Waals surface area (Å²) < 4.78 is 1.31. The lowest BCUT2D eigenvalue weighted by Gasteiger charge is -2.22. The van der Waals surface area contributed by atoms with E-state index in [4.69, 9.17) is 0 Å². The van der Waals surface area contributed by atoms with Crippen molar-refractivity contribution in [2.45, 2.75) is 54.7 Å². The molecule has 1 atom stereocenters. The molecule has 2 N–H and O–H groups in total. The molecule has 1 aliphatic rings. The number of thiazole rings is 1. The van der Waals surface area contributed by atoms with Crippen molar-refractivity contribution in [1.29, 1.82) is 0 Å². The molecule has 3 rings (SSSR count). The van der Waals surface area contributed by atoms with Gasteiger partial charge in [-0.15, -0.1) is 11.3 Å². The van der Waals surface area contributed by atoms with Crippen LogP contribution in [0.2, 0.25) is 0 Å². The highest BCUT2D eigenvalue weighted by Gasteiger charge is 2.21. The van der Waals surface area contributed by atoms with Crippen LogP contribution in [0.4, 0.5) is 10.5 Å². The highest BCUT2D eigenvalue weighted by molar-refractivity contribution is 8.02. The van der Waals surface area contributed by atoms with Crippen LogP contribution in [0, 0.1) is 10.1 Å². The number of fused-ring (bicyclic) bond motifs is 1. The lowest BCUT2D eigenvalue weighted by molar-refractivity contribution is -0.384. The van der Waals surface area contributed by atoms with Gasteiger partial charge in [-0.1, -0.05) is 31.0 Å². The first kappa shape index (κ1) is 19.6. The fourth-order valence-electron chi connectivity index (χ4n) is 2.94. The van der Waals surface area contributed by atoms with Crippen molar-refractivity contribution in [3.05, 3.63) is 28.3 Å². The van der Waals surface area contributed by atoms with Gasteiger partial charge in [0.2, 0.25) is 5.91 Å². The number of imide groups is 1. The van der Waals surface area contributed by atoms with E-state index in [-0.39, 0.29) is 11.7 Å². The maximum atomic E-state index is 12.3. The van der Waals surface area contributed by atoms with Crippen molar-refractivity contribution < 1.29 is 14.5 Å². The Morgan fingerprint density at radius 2 is 2.07 bits per heavy atom. The molecule has 2 aromatic rings. The SMILES string of the molecule is C[C@H](Sc1nc2ccc([N+](=O)[O-])cc2s1)C(=O)NC(=O)NC1CCCCC1. The molecular formula is C17H20N4O4S2. The zero-order valence-electron chi connectivity index (χ0n) is 14.8. The lowest BCUT2D eigenvalue weighted by atomic mass is 9.96. The summed E-state index contributed by atoms with van der Waals surface area (Å²) in [5, 5.41) is 15.6. The molecule has 1 heterocycles. The smallest absolute Gasteiger partial charge is 0.321 e.